The molecule has 37 heavy (non-hydrogen) atoms. The Labute approximate surface area is 215 Å². The van der Waals surface area contributed by atoms with E-state index in [1.807, 2.05) is 71.6 Å². The Balaban J connectivity index is 1.20. The Morgan fingerprint density at radius 1 is 1.00 bits per heavy atom. The van der Waals surface area contributed by atoms with Crippen LogP contribution in [0, 0.1) is 0 Å². The molecular weight excluding hydrogens is 468 g/mol. The van der Waals surface area contributed by atoms with Gasteiger partial charge in [0.25, 0.3) is 11.8 Å². The van der Waals surface area contributed by atoms with Crippen LogP contribution in [0.25, 0.3) is 11.4 Å². The lowest BCUT2D eigenvalue weighted by molar-refractivity contribution is 0.0695. The Hall–Kier alpha value is -4.46. The highest BCUT2D eigenvalue weighted by atomic mass is 16.5. The van der Waals surface area contributed by atoms with Crippen LogP contribution in [0.3, 0.4) is 0 Å². The summed E-state index contributed by atoms with van der Waals surface area (Å²) in [6, 6.07) is 24.0. The number of hydrogen-bond acceptors (Lipinski definition) is 6. The summed E-state index contributed by atoms with van der Waals surface area (Å²) in [6.07, 6.45) is 1.76. The van der Waals surface area contributed by atoms with Gasteiger partial charge >= 0.3 is 0 Å². The fourth-order valence-corrected chi connectivity index (χ4v) is 4.44. The highest BCUT2D eigenvalue weighted by Crippen LogP contribution is 2.28. The minimum absolute atomic E-state index is 0.00864. The quantitative estimate of drug-likeness (QED) is 0.399. The normalized spacial score (nSPS) is 15.3. The van der Waals surface area contributed by atoms with E-state index < -0.39 is 0 Å². The lowest BCUT2D eigenvalue weighted by Crippen LogP contribution is -2.39. The third-order valence-electron chi connectivity index (χ3n) is 6.54. The molecule has 1 aromatic heterocycles. The molecule has 1 atom stereocenters. The van der Waals surface area contributed by atoms with E-state index in [1.54, 1.807) is 19.2 Å². The SMILES string of the molecule is COc1ccc(CNC(=O)c2ccc(-c3noc(C4CCCN(C(=O)c5ccccc5)C4)n3)cc2)cc1. The Bertz CT molecular complexity index is 1350. The summed E-state index contributed by atoms with van der Waals surface area (Å²) in [6.45, 7) is 1.68. The van der Waals surface area contributed by atoms with Gasteiger partial charge in [-0.15, -0.1) is 0 Å². The van der Waals surface area contributed by atoms with Crippen molar-refractivity contribution in [1.29, 1.82) is 0 Å². The maximum atomic E-state index is 12.9. The highest BCUT2D eigenvalue weighted by Gasteiger charge is 2.29. The number of methoxy groups -OCH3 is 1. The molecule has 1 saturated heterocycles. The minimum atomic E-state index is -0.165. The number of carbonyl (C=O) groups excluding carboxylic acids is 2. The van der Waals surface area contributed by atoms with Crippen molar-refractivity contribution in [2.45, 2.75) is 25.3 Å². The van der Waals surface area contributed by atoms with Crippen LogP contribution in [0.2, 0.25) is 0 Å². The molecule has 2 heterocycles. The first-order chi connectivity index (χ1) is 18.1. The fraction of sp³-hybridized carbons (Fsp3) is 0.241. The predicted molar refractivity (Wildman–Crippen MR) is 138 cm³/mol. The summed E-state index contributed by atoms with van der Waals surface area (Å²) >= 11 is 0. The number of aromatic nitrogens is 2. The van der Waals surface area contributed by atoms with E-state index in [0.717, 1.165) is 29.7 Å². The molecule has 1 aliphatic heterocycles. The van der Waals surface area contributed by atoms with Gasteiger partial charge in [-0.05, 0) is 54.8 Å². The molecule has 3 aromatic carbocycles. The van der Waals surface area contributed by atoms with Gasteiger partial charge in [-0.1, -0.05) is 47.6 Å². The van der Waals surface area contributed by atoms with Crippen molar-refractivity contribution >= 4 is 11.8 Å². The molecule has 0 saturated carbocycles. The molecule has 8 nitrogen and oxygen atoms in total. The summed E-state index contributed by atoms with van der Waals surface area (Å²) in [4.78, 5) is 31.9. The number of nitrogens with one attached hydrogen (secondary N) is 1. The van der Waals surface area contributed by atoms with Crippen LogP contribution >= 0.6 is 0 Å². The predicted octanol–water partition coefficient (Wildman–Crippen LogP) is 4.70. The van der Waals surface area contributed by atoms with E-state index in [2.05, 4.69) is 15.5 Å². The summed E-state index contributed by atoms with van der Waals surface area (Å²) in [7, 11) is 1.62. The van der Waals surface area contributed by atoms with Gasteiger partial charge in [0, 0.05) is 36.3 Å². The molecular formula is C29H28N4O4. The van der Waals surface area contributed by atoms with Gasteiger partial charge in [0.05, 0.1) is 13.0 Å². The third-order valence-corrected chi connectivity index (χ3v) is 6.54. The van der Waals surface area contributed by atoms with Gasteiger partial charge < -0.3 is 19.5 Å². The first-order valence-corrected chi connectivity index (χ1v) is 12.3. The second kappa shape index (κ2) is 11.1. The number of benzene rings is 3. The van der Waals surface area contributed by atoms with Gasteiger partial charge in [0.2, 0.25) is 11.7 Å². The van der Waals surface area contributed by atoms with E-state index in [1.165, 1.54) is 0 Å². The van der Waals surface area contributed by atoms with Crippen LogP contribution in [0.5, 0.6) is 5.75 Å². The molecule has 2 amide bonds. The topological polar surface area (TPSA) is 97.6 Å². The number of likely N-dealkylation sites (tertiary alicyclic amines) is 1. The molecule has 0 spiro atoms. The molecule has 0 bridgehead atoms. The maximum absolute atomic E-state index is 12.9. The van der Waals surface area contributed by atoms with E-state index in [-0.39, 0.29) is 17.7 Å². The van der Waals surface area contributed by atoms with Crippen LogP contribution in [0.4, 0.5) is 0 Å². The second-order valence-corrected chi connectivity index (χ2v) is 9.02. The zero-order valence-corrected chi connectivity index (χ0v) is 20.6. The van der Waals surface area contributed by atoms with Crippen LogP contribution < -0.4 is 10.1 Å². The molecule has 0 radical (unpaired) electrons. The van der Waals surface area contributed by atoms with Crippen molar-refractivity contribution in [2.75, 3.05) is 20.2 Å². The monoisotopic (exact) mass is 496 g/mol. The largest absolute Gasteiger partial charge is 0.497 e. The third kappa shape index (κ3) is 5.69. The molecule has 0 aliphatic carbocycles. The molecule has 1 fully saturated rings. The van der Waals surface area contributed by atoms with Crippen molar-refractivity contribution in [2.24, 2.45) is 0 Å². The highest BCUT2D eigenvalue weighted by molar-refractivity contribution is 5.95. The van der Waals surface area contributed by atoms with Crippen molar-refractivity contribution in [3.8, 4) is 17.1 Å². The first kappa shape index (κ1) is 24.2. The fourth-order valence-electron chi connectivity index (χ4n) is 4.44. The number of amides is 2. The molecule has 5 rings (SSSR count). The van der Waals surface area contributed by atoms with Gasteiger partial charge in [0.1, 0.15) is 5.75 Å². The Morgan fingerprint density at radius 3 is 2.49 bits per heavy atom. The number of carbonyl (C=O) groups is 2. The standard InChI is InChI=1S/C29H28N4O4/c1-36-25-15-9-20(10-16-25)18-30-27(34)22-13-11-21(12-14-22)26-31-28(37-32-26)24-8-5-17-33(19-24)29(35)23-6-3-2-4-7-23/h2-4,6-7,9-16,24H,5,8,17-19H2,1H3,(H,30,34). The smallest absolute Gasteiger partial charge is 0.253 e. The van der Waals surface area contributed by atoms with E-state index in [9.17, 15) is 9.59 Å². The molecule has 8 heteroatoms. The molecule has 1 unspecified atom stereocenters. The number of nitrogens with zero attached hydrogens (tertiary/aromatic N) is 3. The van der Waals surface area contributed by atoms with Crippen LogP contribution in [0.15, 0.2) is 83.4 Å². The van der Waals surface area contributed by atoms with Crippen molar-refractivity contribution in [3.05, 3.63) is 101 Å². The van der Waals surface area contributed by atoms with Crippen LogP contribution in [-0.4, -0.2) is 47.1 Å². The Morgan fingerprint density at radius 2 is 1.76 bits per heavy atom. The number of rotatable bonds is 7. The zero-order chi connectivity index (χ0) is 25.6. The summed E-state index contributed by atoms with van der Waals surface area (Å²) in [5, 5.41) is 7.08. The molecule has 1 aliphatic rings. The van der Waals surface area contributed by atoms with Crippen molar-refractivity contribution in [1.82, 2.24) is 20.4 Å². The molecule has 188 valence electrons. The minimum Gasteiger partial charge on any atom is -0.497 e. The molecule has 1 N–H and O–H groups in total. The van der Waals surface area contributed by atoms with Gasteiger partial charge in [0.15, 0.2) is 0 Å². The number of piperidine rings is 1. The molecule has 4 aromatic rings. The second-order valence-electron chi connectivity index (χ2n) is 9.02. The van der Waals surface area contributed by atoms with Gasteiger partial charge in [-0.3, -0.25) is 9.59 Å². The van der Waals surface area contributed by atoms with Gasteiger partial charge in [-0.25, -0.2) is 0 Å². The van der Waals surface area contributed by atoms with E-state index in [4.69, 9.17) is 9.26 Å². The average Bonchev–Trinajstić information content (AvgIpc) is 3.47. The lowest BCUT2D eigenvalue weighted by atomic mass is 9.97. The zero-order valence-electron chi connectivity index (χ0n) is 20.6. The van der Waals surface area contributed by atoms with Crippen molar-refractivity contribution in [3.63, 3.8) is 0 Å². The summed E-state index contributed by atoms with van der Waals surface area (Å²) in [5.74, 6) is 1.61. The van der Waals surface area contributed by atoms with Crippen molar-refractivity contribution < 1.29 is 18.8 Å². The van der Waals surface area contributed by atoms with E-state index in [0.29, 0.717) is 42.5 Å². The Kier molecular flexibility index (Phi) is 7.26. The number of hydrogen-bond donors (Lipinski definition) is 1. The average molecular weight is 497 g/mol. The van der Waals surface area contributed by atoms with Crippen LogP contribution in [-0.2, 0) is 6.54 Å². The van der Waals surface area contributed by atoms with Crippen LogP contribution in [0.1, 0.15) is 50.9 Å². The maximum Gasteiger partial charge on any atom is 0.253 e. The lowest BCUT2D eigenvalue weighted by Gasteiger charge is -2.31. The summed E-state index contributed by atoms with van der Waals surface area (Å²) in [5.41, 5.74) is 2.97. The number of ether oxygens (including phenoxy) is 1. The summed E-state index contributed by atoms with van der Waals surface area (Å²) < 4.78 is 10.7. The van der Waals surface area contributed by atoms with Gasteiger partial charge in [-0.2, -0.15) is 4.98 Å². The van der Waals surface area contributed by atoms with E-state index >= 15 is 0 Å². The first-order valence-electron chi connectivity index (χ1n) is 12.3.